The lowest BCUT2D eigenvalue weighted by Gasteiger charge is -1.95. The summed E-state index contributed by atoms with van der Waals surface area (Å²) in [6, 6.07) is 3.35. The molecule has 9 heavy (non-hydrogen) atoms. The Labute approximate surface area is 60.6 Å². The van der Waals surface area contributed by atoms with E-state index in [4.69, 9.17) is 10.7 Å². The van der Waals surface area contributed by atoms with E-state index in [0.717, 1.165) is 0 Å². The third-order valence-corrected chi connectivity index (χ3v) is 1.97. The van der Waals surface area contributed by atoms with Gasteiger partial charge in [0.05, 0.1) is 6.20 Å². The van der Waals surface area contributed by atoms with E-state index in [9.17, 15) is 4.55 Å². The Balaban J connectivity index is 2.85. The molecule has 0 aliphatic heterocycles. The molecule has 0 saturated heterocycles. The van der Waals surface area contributed by atoms with Crippen molar-refractivity contribution >= 4 is 21.1 Å². The lowest BCUT2D eigenvalue weighted by Crippen LogP contribution is -1.89. The molecule has 0 amide bonds. The molecular formula is C5H4ClNOS. The summed E-state index contributed by atoms with van der Waals surface area (Å²) in [7, 11) is 3.82. The van der Waals surface area contributed by atoms with Crippen molar-refractivity contribution in [3.8, 4) is 0 Å². The molecule has 1 aromatic heterocycles. The number of nitrogens with zero attached hydrogens (tertiary/aromatic N) is 1. The molecule has 0 saturated carbocycles. The van der Waals surface area contributed by atoms with Crippen LogP contribution in [0, 0.1) is 0 Å². The predicted octanol–water partition coefficient (Wildman–Crippen LogP) is 1.34. The topological polar surface area (TPSA) is 36.0 Å². The number of hydrogen-bond donors (Lipinski definition) is 0. The summed E-state index contributed by atoms with van der Waals surface area (Å²) in [4.78, 5) is 4.27. The zero-order chi connectivity index (χ0) is 6.69. The maximum absolute atomic E-state index is 10.5. The van der Waals surface area contributed by atoms with E-state index in [1.807, 2.05) is 0 Å². The molecule has 0 aliphatic carbocycles. The monoisotopic (exact) mass is 161 g/mol. The summed E-state index contributed by atoms with van der Waals surface area (Å²) >= 11 is 0. The molecule has 2 nitrogen and oxygen atoms in total. The normalized spacial score (nSPS) is 13.1. The van der Waals surface area contributed by atoms with Crippen LogP contribution in [0.5, 0.6) is 0 Å². The smallest absolute Gasteiger partial charge is 0.191 e. The molecule has 4 heteroatoms. The van der Waals surface area contributed by atoms with Crippen molar-refractivity contribution in [3.63, 3.8) is 0 Å². The Morgan fingerprint density at radius 2 is 2.44 bits per heavy atom. The molecule has 0 unspecified atom stereocenters. The summed E-state index contributed by atoms with van der Waals surface area (Å²) in [6.07, 6.45) is 3.08. The van der Waals surface area contributed by atoms with Gasteiger partial charge in [0.1, 0.15) is 10.4 Å². The van der Waals surface area contributed by atoms with Crippen LogP contribution in [0.15, 0.2) is 29.4 Å². The minimum Gasteiger partial charge on any atom is -0.594 e. The van der Waals surface area contributed by atoms with Gasteiger partial charge in [-0.2, -0.15) is 0 Å². The molecular weight excluding hydrogens is 158 g/mol. The molecule has 0 radical (unpaired) electrons. The van der Waals surface area contributed by atoms with Gasteiger partial charge in [-0.3, -0.25) is 4.98 Å². The first-order chi connectivity index (χ1) is 4.30. The summed E-state index contributed by atoms with van der Waals surface area (Å²) in [5, 5.41) is 0. The van der Waals surface area contributed by atoms with Crippen LogP contribution in [0.3, 0.4) is 0 Å². The van der Waals surface area contributed by atoms with Gasteiger partial charge in [0.15, 0.2) is 15.6 Å². The van der Waals surface area contributed by atoms with Gasteiger partial charge >= 0.3 is 0 Å². The van der Waals surface area contributed by atoms with Crippen LogP contribution in [-0.4, -0.2) is 9.54 Å². The highest BCUT2D eigenvalue weighted by molar-refractivity contribution is 8.13. The lowest BCUT2D eigenvalue weighted by atomic mass is 10.5. The molecule has 1 heterocycles. The average Bonchev–Trinajstić information content (AvgIpc) is 1.90. The van der Waals surface area contributed by atoms with E-state index < -0.39 is 10.4 Å². The van der Waals surface area contributed by atoms with E-state index in [2.05, 4.69) is 4.98 Å². The Hall–Kier alpha value is -0.250. The molecule has 0 spiro atoms. The van der Waals surface area contributed by atoms with Gasteiger partial charge in [-0.15, -0.1) is 0 Å². The highest BCUT2D eigenvalue weighted by atomic mass is 35.7. The fourth-order valence-electron chi connectivity index (χ4n) is 0.442. The van der Waals surface area contributed by atoms with Crippen LogP contribution in [0.25, 0.3) is 0 Å². The van der Waals surface area contributed by atoms with Crippen molar-refractivity contribution in [2.45, 2.75) is 4.90 Å². The standard InChI is InChI=1S/C5H4ClNOS/c6-9(8)5-2-1-3-7-4-5/h1-4H/t9-/m1/s1. The number of halogens is 1. The van der Waals surface area contributed by atoms with E-state index in [1.54, 1.807) is 18.3 Å². The van der Waals surface area contributed by atoms with Crippen molar-refractivity contribution < 1.29 is 4.55 Å². The Morgan fingerprint density at radius 3 is 2.78 bits per heavy atom. The molecule has 1 atom stereocenters. The second kappa shape index (κ2) is 3.06. The van der Waals surface area contributed by atoms with E-state index in [0.29, 0.717) is 4.90 Å². The van der Waals surface area contributed by atoms with Crippen LogP contribution in [0.2, 0.25) is 0 Å². The van der Waals surface area contributed by atoms with Crippen LogP contribution in [0.4, 0.5) is 0 Å². The van der Waals surface area contributed by atoms with Gasteiger partial charge in [-0.1, -0.05) is 0 Å². The molecule has 1 aromatic rings. The third kappa shape index (κ3) is 1.86. The number of pyridine rings is 1. The van der Waals surface area contributed by atoms with Crippen molar-refractivity contribution in [3.05, 3.63) is 24.5 Å². The van der Waals surface area contributed by atoms with E-state index in [1.165, 1.54) is 6.20 Å². The Kier molecular flexibility index (Phi) is 2.33. The van der Waals surface area contributed by atoms with Gasteiger partial charge in [0.25, 0.3) is 0 Å². The summed E-state index contributed by atoms with van der Waals surface area (Å²) in [5.74, 6) is 0. The van der Waals surface area contributed by atoms with Gasteiger partial charge in [-0.25, -0.2) is 0 Å². The fourth-order valence-corrected chi connectivity index (χ4v) is 1.05. The zero-order valence-electron chi connectivity index (χ0n) is 4.45. The molecule has 48 valence electrons. The molecule has 0 fully saturated rings. The van der Waals surface area contributed by atoms with Gasteiger partial charge < -0.3 is 4.55 Å². The van der Waals surface area contributed by atoms with Crippen LogP contribution < -0.4 is 0 Å². The third-order valence-electron chi connectivity index (χ3n) is 0.820. The summed E-state index contributed by atoms with van der Waals surface area (Å²) in [6.45, 7) is 0. The van der Waals surface area contributed by atoms with Gasteiger partial charge in [0, 0.05) is 6.20 Å². The number of rotatable bonds is 1. The lowest BCUT2D eigenvalue weighted by molar-refractivity contribution is 0.608. The van der Waals surface area contributed by atoms with Crippen molar-refractivity contribution in [1.82, 2.24) is 4.98 Å². The Bertz CT molecular complexity index is 180. The summed E-state index contributed by atoms with van der Waals surface area (Å²) in [5.41, 5.74) is 0. The van der Waals surface area contributed by atoms with E-state index in [-0.39, 0.29) is 0 Å². The predicted molar refractivity (Wildman–Crippen MR) is 36.5 cm³/mol. The van der Waals surface area contributed by atoms with Crippen molar-refractivity contribution in [2.24, 2.45) is 0 Å². The quantitative estimate of drug-likeness (QED) is 0.583. The maximum Gasteiger partial charge on any atom is 0.191 e. The van der Waals surface area contributed by atoms with Crippen LogP contribution in [0.1, 0.15) is 0 Å². The van der Waals surface area contributed by atoms with Crippen LogP contribution >= 0.6 is 10.7 Å². The largest absolute Gasteiger partial charge is 0.594 e. The second-order valence-corrected chi connectivity index (χ2v) is 3.17. The fraction of sp³-hybridized carbons (Fsp3) is 0. The first kappa shape index (κ1) is 6.86. The summed E-state index contributed by atoms with van der Waals surface area (Å²) < 4.78 is 10.5. The Morgan fingerprint density at radius 1 is 1.67 bits per heavy atom. The molecule has 0 aliphatic rings. The first-order valence-electron chi connectivity index (χ1n) is 2.29. The maximum atomic E-state index is 10.5. The molecule has 0 N–H and O–H groups in total. The highest BCUT2D eigenvalue weighted by Crippen LogP contribution is 2.11. The zero-order valence-corrected chi connectivity index (χ0v) is 6.02. The van der Waals surface area contributed by atoms with Gasteiger partial charge in [-0.05, 0) is 12.1 Å². The van der Waals surface area contributed by atoms with Crippen molar-refractivity contribution in [1.29, 1.82) is 0 Å². The highest BCUT2D eigenvalue weighted by Gasteiger charge is 2.04. The minimum absolute atomic E-state index is 0.541. The minimum atomic E-state index is -1.42. The van der Waals surface area contributed by atoms with Gasteiger partial charge in [0.2, 0.25) is 0 Å². The van der Waals surface area contributed by atoms with E-state index >= 15 is 0 Å². The second-order valence-electron chi connectivity index (χ2n) is 1.41. The number of hydrogen-bond acceptors (Lipinski definition) is 2. The molecule has 0 aromatic carbocycles. The molecule has 1 rings (SSSR count). The molecule has 0 bridgehead atoms. The SMILES string of the molecule is [O-][S@@+](Cl)c1cccnc1. The average molecular weight is 162 g/mol. The first-order valence-corrected chi connectivity index (χ1v) is 4.26. The number of aromatic nitrogens is 1. The van der Waals surface area contributed by atoms with Crippen molar-refractivity contribution in [2.75, 3.05) is 0 Å². The van der Waals surface area contributed by atoms with Crippen LogP contribution in [-0.2, 0) is 10.4 Å².